The van der Waals surface area contributed by atoms with Crippen molar-refractivity contribution in [3.05, 3.63) is 53.0 Å². The van der Waals surface area contributed by atoms with Crippen LogP contribution in [0.15, 0.2) is 52.3 Å². The van der Waals surface area contributed by atoms with Crippen LogP contribution in [0.4, 0.5) is 4.79 Å². The zero-order chi connectivity index (χ0) is 25.0. The van der Waals surface area contributed by atoms with E-state index in [-0.39, 0.29) is 0 Å². The summed E-state index contributed by atoms with van der Waals surface area (Å²) in [7, 11) is 0. The van der Waals surface area contributed by atoms with Crippen molar-refractivity contribution < 1.29 is 9.53 Å². The first-order chi connectivity index (χ1) is 16.1. The Bertz CT molecular complexity index is 641. The Balaban J connectivity index is 0. The van der Waals surface area contributed by atoms with Gasteiger partial charge in [0.1, 0.15) is 0 Å². The van der Waals surface area contributed by atoms with Gasteiger partial charge in [-0.05, 0) is 44.2 Å². The standard InChI is InChI=1S/C8H12N2S.C5H10O2S.C4H4N2.C4H7NS.C2H6/c1-2-7(9-3-1)4-8-5-11-6-10-8;1-2-3-4-7-5(6)8;1-2-6-4-3-5-1;1-5-3-4-6-2;1-2/h5-7,9H,1-4H2;2-4H2,1H3,(H,6,8);1-4H;3-4H,1H2,2H3;1-2H3/b;;;4-3-;. The van der Waals surface area contributed by atoms with Crippen LogP contribution in [0.25, 0.3) is 0 Å². The number of carbonyl (C=O) groups excluding carboxylic acids is 1. The molecule has 7 nitrogen and oxygen atoms in total. The molecule has 0 aliphatic carbocycles. The highest BCUT2D eigenvalue weighted by Gasteiger charge is 2.14. The molecule has 1 atom stereocenters. The first kappa shape index (κ1) is 33.4. The first-order valence-corrected chi connectivity index (χ1v) is 13.6. The molecule has 2 aromatic rings. The monoisotopic (exact) mass is 513 g/mol. The largest absolute Gasteiger partial charge is 0.458 e. The molecule has 1 aliphatic rings. The number of unbranched alkanes of at least 4 members (excludes halogenated alkanes) is 1. The number of rotatable bonds is 7. The number of aliphatic imine (C=N–C) groups is 1. The zero-order valence-corrected chi connectivity index (χ0v) is 22.7. The molecule has 2 aromatic heterocycles. The highest BCUT2D eigenvalue weighted by Crippen LogP contribution is 2.11. The van der Waals surface area contributed by atoms with E-state index in [4.69, 9.17) is 0 Å². The van der Waals surface area contributed by atoms with E-state index in [1.807, 2.05) is 37.9 Å². The SMILES string of the molecule is C=N/C=C\SC.CC.CCCCOC(=O)S.c1cnccn1.c1nc(CC2CCCN2)cs1. The van der Waals surface area contributed by atoms with E-state index in [9.17, 15) is 4.79 Å². The molecule has 186 valence electrons. The maximum absolute atomic E-state index is 9.96. The molecule has 3 heterocycles. The van der Waals surface area contributed by atoms with Gasteiger partial charge in [-0.25, -0.2) is 9.78 Å². The van der Waals surface area contributed by atoms with E-state index in [1.165, 1.54) is 25.1 Å². The molecular weight excluding hydrogens is 474 g/mol. The number of hydrogen-bond acceptors (Lipinski definition) is 9. The minimum Gasteiger partial charge on any atom is -0.458 e. The smallest absolute Gasteiger partial charge is 0.364 e. The summed E-state index contributed by atoms with van der Waals surface area (Å²) in [4.78, 5) is 25.1. The Kier molecular flexibility index (Phi) is 28.6. The third-order valence-corrected chi connectivity index (χ3v) is 4.76. The number of hydrogen-bond donors (Lipinski definition) is 2. The maximum Gasteiger partial charge on any atom is 0.364 e. The normalized spacial score (nSPS) is 13.5. The molecule has 0 bridgehead atoms. The second kappa shape index (κ2) is 28.3. The summed E-state index contributed by atoms with van der Waals surface area (Å²) in [6, 6.07) is 0.692. The predicted octanol–water partition coefficient (Wildman–Crippen LogP) is 6.31. The molecule has 0 saturated carbocycles. The minimum absolute atomic E-state index is 0.488. The van der Waals surface area contributed by atoms with Crippen molar-refractivity contribution in [2.45, 2.75) is 58.9 Å². The van der Waals surface area contributed by atoms with Crippen LogP contribution in [-0.4, -0.2) is 52.4 Å². The second-order valence-electron chi connectivity index (χ2n) is 6.04. The molecule has 10 heteroatoms. The van der Waals surface area contributed by atoms with Crippen molar-refractivity contribution in [1.29, 1.82) is 0 Å². The maximum atomic E-state index is 9.96. The average molecular weight is 514 g/mol. The molecule has 1 fully saturated rings. The fourth-order valence-electron chi connectivity index (χ4n) is 2.18. The van der Waals surface area contributed by atoms with Crippen LogP contribution in [0.1, 0.15) is 52.1 Å². The fourth-order valence-corrected chi connectivity index (χ4v) is 3.05. The Labute approximate surface area is 213 Å². The lowest BCUT2D eigenvalue weighted by Crippen LogP contribution is -2.23. The van der Waals surface area contributed by atoms with Crippen LogP contribution in [0, 0.1) is 0 Å². The fraction of sp³-hybridized carbons (Fsp3) is 0.522. The number of nitrogens with one attached hydrogen (secondary N) is 1. The Morgan fingerprint density at radius 2 is 2.03 bits per heavy atom. The lowest BCUT2D eigenvalue weighted by molar-refractivity contribution is 0.174. The number of ether oxygens (including phenoxy) is 1. The van der Waals surface area contributed by atoms with E-state index in [2.05, 4.69) is 54.7 Å². The predicted molar refractivity (Wildman–Crippen MR) is 148 cm³/mol. The van der Waals surface area contributed by atoms with Crippen molar-refractivity contribution in [3.8, 4) is 0 Å². The van der Waals surface area contributed by atoms with Crippen molar-refractivity contribution in [2.75, 3.05) is 19.4 Å². The lowest BCUT2D eigenvalue weighted by atomic mass is 10.1. The summed E-state index contributed by atoms with van der Waals surface area (Å²) in [5.74, 6) is 0. The van der Waals surface area contributed by atoms with E-state index >= 15 is 0 Å². The van der Waals surface area contributed by atoms with Crippen LogP contribution in [-0.2, 0) is 11.2 Å². The molecule has 0 spiro atoms. The number of aromatic nitrogens is 3. The number of carbonyl (C=O) groups is 1. The molecule has 0 amide bonds. The number of thioether (sulfide) groups is 1. The van der Waals surface area contributed by atoms with Crippen LogP contribution >= 0.6 is 35.7 Å². The molecular formula is C23H39N5O2S3. The summed E-state index contributed by atoms with van der Waals surface area (Å²) < 4.78 is 4.51. The molecule has 33 heavy (non-hydrogen) atoms. The molecule has 1 N–H and O–H groups in total. The highest BCUT2D eigenvalue weighted by atomic mass is 32.2. The van der Waals surface area contributed by atoms with Gasteiger partial charge in [0.15, 0.2) is 0 Å². The van der Waals surface area contributed by atoms with Gasteiger partial charge in [-0.2, -0.15) is 0 Å². The van der Waals surface area contributed by atoms with Gasteiger partial charge >= 0.3 is 5.30 Å². The molecule has 0 radical (unpaired) electrons. The van der Waals surface area contributed by atoms with E-state index in [0.29, 0.717) is 12.6 Å². The van der Waals surface area contributed by atoms with Crippen molar-refractivity contribution in [2.24, 2.45) is 4.99 Å². The Hall–Kier alpha value is -1.75. The third kappa shape index (κ3) is 26.4. The Morgan fingerprint density at radius 3 is 2.39 bits per heavy atom. The van der Waals surface area contributed by atoms with Gasteiger partial charge in [0.05, 0.1) is 17.8 Å². The number of thiazole rings is 1. The van der Waals surface area contributed by atoms with Gasteiger partial charge in [-0.3, -0.25) is 15.0 Å². The quantitative estimate of drug-likeness (QED) is 0.194. The van der Waals surface area contributed by atoms with Gasteiger partial charge in [0, 0.05) is 48.8 Å². The highest BCUT2D eigenvalue weighted by molar-refractivity contribution is 8.01. The average Bonchev–Trinajstić information content (AvgIpc) is 3.56. The topological polar surface area (TPSA) is 89.4 Å². The molecule has 1 aliphatic heterocycles. The van der Waals surface area contributed by atoms with Gasteiger partial charge < -0.3 is 10.1 Å². The summed E-state index contributed by atoms with van der Waals surface area (Å²) in [6.45, 7) is 11.0. The molecule has 1 saturated heterocycles. The van der Waals surface area contributed by atoms with Gasteiger partial charge in [0.25, 0.3) is 0 Å². The van der Waals surface area contributed by atoms with Crippen LogP contribution in [0.5, 0.6) is 0 Å². The van der Waals surface area contributed by atoms with Gasteiger partial charge in [-0.15, -0.1) is 23.1 Å². The van der Waals surface area contributed by atoms with Gasteiger partial charge in [-0.1, -0.05) is 39.8 Å². The van der Waals surface area contributed by atoms with Crippen LogP contribution < -0.4 is 5.32 Å². The second-order valence-corrected chi connectivity index (χ2v) is 7.87. The molecule has 3 rings (SSSR count). The molecule has 0 aromatic carbocycles. The third-order valence-electron chi connectivity index (χ3n) is 3.60. The van der Waals surface area contributed by atoms with E-state index in [1.54, 1.807) is 54.1 Å². The summed E-state index contributed by atoms with van der Waals surface area (Å²) in [5, 5.41) is 6.98. The summed E-state index contributed by atoms with van der Waals surface area (Å²) in [6.07, 6.45) is 15.9. The lowest BCUT2D eigenvalue weighted by Gasteiger charge is -2.06. The zero-order valence-electron chi connectivity index (χ0n) is 20.2. The van der Waals surface area contributed by atoms with Crippen LogP contribution in [0.3, 0.4) is 0 Å². The van der Waals surface area contributed by atoms with Crippen molar-refractivity contribution in [1.82, 2.24) is 20.3 Å². The molecule has 1 unspecified atom stereocenters. The van der Waals surface area contributed by atoms with E-state index in [0.717, 1.165) is 19.3 Å². The number of nitrogens with zero attached hydrogens (tertiary/aromatic N) is 4. The Morgan fingerprint density at radius 1 is 1.36 bits per heavy atom. The first-order valence-electron chi connectivity index (χ1n) is 10.9. The summed E-state index contributed by atoms with van der Waals surface area (Å²) in [5.41, 5.74) is 3.15. The van der Waals surface area contributed by atoms with Crippen LogP contribution in [0.2, 0.25) is 0 Å². The number of thiol groups is 1. The van der Waals surface area contributed by atoms with Crippen molar-refractivity contribution >= 4 is 47.7 Å². The summed E-state index contributed by atoms with van der Waals surface area (Å²) >= 11 is 6.71. The minimum atomic E-state index is -0.488. The van der Waals surface area contributed by atoms with Crippen molar-refractivity contribution in [3.63, 3.8) is 0 Å². The van der Waals surface area contributed by atoms with Gasteiger partial charge in [0.2, 0.25) is 0 Å². The van der Waals surface area contributed by atoms with E-state index < -0.39 is 5.30 Å².